The largest absolute Gasteiger partial charge is 0.483 e. The Morgan fingerprint density at radius 1 is 1.00 bits per heavy atom. The molecule has 0 aliphatic carbocycles. The van der Waals surface area contributed by atoms with E-state index in [2.05, 4.69) is 40.8 Å². The lowest BCUT2D eigenvalue weighted by Gasteiger charge is -2.22. The van der Waals surface area contributed by atoms with Gasteiger partial charge in [-0.15, -0.1) is 0 Å². The third-order valence-corrected chi connectivity index (χ3v) is 5.95. The highest BCUT2D eigenvalue weighted by atomic mass is 32.2. The van der Waals surface area contributed by atoms with Gasteiger partial charge in [-0.05, 0) is 41.3 Å². The van der Waals surface area contributed by atoms with Crippen molar-refractivity contribution in [2.75, 3.05) is 23.8 Å². The molecule has 1 amide bonds. The molecule has 2 aromatic carbocycles. The molecule has 1 heterocycles. The zero-order valence-corrected chi connectivity index (χ0v) is 19.6. The van der Waals surface area contributed by atoms with Crippen molar-refractivity contribution >= 4 is 27.4 Å². The first-order valence-electron chi connectivity index (χ1n) is 10.1. The highest BCUT2D eigenvalue weighted by Gasteiger charge is 2.20. The van der Waals surface area contributed by atoms with E-state index in [1.807, 2.05) is 24.3 Å². The Morgan fingerprint density at radius 3 is 2.33 bits per heavy atom. The third kappa shape index (κ3) is 6.19. The molecule has 0 saturated heterocycles. The van der Waals surface area contributed by atoms with Crippen LogP contribution in [0.1, 0.15) is 26.3 Å². The average Bonchev–Trinajstić information content (AvgIpc) is 2.78. The van der Waals surface area contributed by atoms with Crippen LogP contribution in [0.15, 0.2) is 65.8 Å². The Hall–Kier alpha value is -3.66. The van der Waals surface area contributed by atoms with Crippen molar-refractivity contribution in [2.24, 2.45) is 0 Å². The Morgan fingerprint density at radius 2 is 1.67 bits per heavy atom. The van der Waals surface area contributed by atoms with Gasteiger partial charge in [0.2, 0.25) is 5.82 Å². The van der Waals surface area contributed by atoms with E-state index in [-0.39, 0.29) is 34.5 Å². The van der Waals surface area contributed by atoms with Crippen LogP contribution in [-0.4, -0.2) is 38.0 Å². The van der Waals surface area contributed by atoms with Crippen LogP contribution in [0.2, 0.25) is 0 Å². The second-order valence-electron chi connectivity index (χ2n) is 8.13. The van der Waals surface area contributed by atoms with Crippen molar-refractivity contribution in [2.45, 2.75) is 31.1 Å². The number of aromatic nitrogens is 2. The summed E-state index contributed by atoms with van der Waals surface area (Å²) in [4.78, 5) is 20.2. The number of sulfonamides is 1. The fourth-order valence-electron chi connectivity index (χ4n) is 3.00. The second kappa shape index (κ2) is 9.86. The van der Waals surface area contributed by atoms with Gasteiger partial charge >= 0.3 is 0 Å². The van der Waals surface area contributed by atoms with Gasteiger partial charge in [0.05, 0.1) is 12.0 Å². The number of rotatable bonds is 8. The van der Waals surface area contributed by atoms with E-state index in [9.17, 15) is 13.2 Å². The minimum Gasteiger partial charge on any atom is -0.483 e. The van der Waals surface area contributed by atoms with Gasteiger partial charge in [-0.3, -0.25) is 9.52 Å². The lowest BCUT2D eigenvalue weighted by atomic mass is 9.86. The lowest BCUT2D eigenvalue weighted by molar-refractivity contribution is -0.118. The van der Waals surface area contributed by atoms with Gasteiger partial charge in [0, 0.05) is 18.1 Å². The Kier molecular flexibility index (Phi) is 7.17. The van der Waals surface area contributed by atoms with Crippen LogP contribution < -0.4 is 19.5 Å². The summed E-state index contributed by atoms with van der Waals surface area (Å²) in [5.74, 6) is 0.312. The number of ether oxygens (including phenoxy) is 2. The second-order valence-corrected chi connectivity index (χ2v) is 9.81. The van der Waals surface area contributed by atoms with Gasteiger partial charge in [-0.1, -0.05) is 39.0 Å². The molecule has 1 aromatic heterocycles. The maximum absolute atomic E-state index is 12.6. The molecule has 0 spiro atoms. The first-order chi connectivity index (χ1) is 15.6. The van der Waals surface area contributed by atoms with Gasteiger partial charge < -0.3 is 14.8 Å². The number of nitrogens with zero attached hydrogens (tertiary/aromatic N) is 2. The normalized spacial score (nSPS) is 11.5. The number of amides is 1. The molecule has 0 radical (unpaired) electrons. The molecule has 0 atom stereocenters. The monoisotopic (exact) mass is 470 g/mol. The number of carbonyl (C=O) groups excluding carboxylic acids is 1. The van der Waals surface area contributed by atoms with Crippen LogP contribution in [0.5, 0.6) is 11.6 Å². The fraction of sp³-hybridized carbons (Fsp3) is 0.261. The van der Waals surface area contributed by atoms with Crippen LogP contribution in [0.25, 0.3) is 0 Å². The van der Waals surface area contributed by atoms with Gasteiger partial charge in [0.25, 0.3) is 21.8 Å². The maximum atomic E-state index is 12.6. The molecule has 2 N–H and O–H groups in total. The van der Waals surface area contributed by atoms with Crippen molar-refractivity contribution in [1.29, 1.82) is 0 Å². The van der Waals surface area contributed by atoms with Crippen molar-refractivity contribution in [1.82, 2.24) is 9.97 Å². The lowest BCUT2D eigenvalue weighted by Crippen LogP contribution is -2.22. The maximum Gasteiger partial charge on any atom is 0.263 e. The number of benzene rings is 2. The number of para-hydroxylation sites is 1. The van der Waals surface area contributed by atoms with Gasteiger partial charge in [-0.25, -0.2) is 18.4 Å². The van der Waals surface area contributed by atoms with Crippen LogP contribution in [0, 0.1) is 0 Å². The molecule has 0 saturated carbocycles. The van der Waals surface area contributed by atoms with Gasteiger partial charge in [-0.2, -0.15) is 0 Å². The van der Waals surface area contributed by atoms with Crippen LogP contribution in [0.3, 0.4) is 0 Å². The first kappa shape index (κ1) is 24.0. The number of anilines is 2. The molecule has 0 aliphatic heterocycles. The molecular weight excluding hydrogens is 444 g/mol. The van der Waals surface area contributed by atoms with E-state index < -0.39 is 10.0 Å². The van der Waals surface area contributed by atoms with Crippen LogP contribution >= 0.6 is 0 Å². The summed E-state index contributed by atoms with van der Waals surface area (Å²) in [6.45, 7) is 6.03. The van der Waals surface area contributed by atoms with E-state index in [1.54, 1.807) is 0 Å². The summed E-state index contributed by atoms with van der Waals surface area (Å²) in [5, 5.41) is 2.70. The fourth-order valence-corrected chi connectivity index (χ4v) is 4.01. The number of methoxy groups -OCH3 is 1. The van der Waals surface area contributed by atoms with Gasteiger partial charge in [0.15, 0.2) is 6.61 Å². The van der Waals surface area contributed by atoms with E-state index in [0.717, 1.165) is 5.56 Å². The summed E-state index contributed by atoms with van der Waals surface area (Å²) >= 11 is 0. The molecule has 9 nitrogen and oxygen atoms in total. The minimum absolute atomic E-state index is 0.0106. The highest BCUT2D eigenvalue weighted by molar-refractivity contribution is 7.92. The first-order valence-corrected chi connectivity index (χ1v) is 11.6. The average molecular weight is 471 g/mol. The van der Waals surface area contributed by atoms with Crippen molar-refractivity contribution in [3.05, 3.63) is 66.5 Å². The molecule has 33 heavy (non-hydrogen) atoms. The molecule has 0 unspecified atom stereocenters. The smallest absolute Gasteiger partial charge is 0.263 e. The third-order valence-electron chi connectivity index (χ3n) is 4.59. The number of carbonyl (C=O) groups is 1. The molecular formula is C23H26N4O5S. The minimum atomic E-state index is -3.93. The van der Waals surface area contributed by atoms with Crippen LogP contribution in [-0.2, 0) is 20.2 Å². The molecule has 0 fully saturated rings. The number of hydrogen-bond donors (Lipinski definition) is 2. The van der Waals surface area contributed by atoms with E-state index >= 15 is 0 Å². The zero-order chi connectivity index (χ0) is 24.1. The zero-order valence-electron chi connectivity index (χ0n) is 18.8. The van der Waals surface area contributed by atoms with E-state index in [1.165, 1.54) is 43.8 Å². The van der Waals surface area contributed by atoms with E-state index in [0.29, 0.717) is 11.4 Å². The summed E-state index contributed by atoms with van der Waals surface area (Å²) in [6, 6.07) is 13.3. The topological polar surface area (TPSA) is 120 Å². The van der Waals surface area contributed by atoms with E-state index in [4.69, 9.17) is 9.47 Å². The Balaban J connectivity index is 1.63. The van der Waals surface area contributed by atoms with Crippen LogP contribution in [0.4, 0.5) is 11.5 Å². The Bertz CT molecular complexity index is 1220. The summed E-state index contributed by atoms with van der Waals surface area (Å²) in [6.07, 6.45) is 2.74. The number of hydrogen-bond acceptors (Lipinski definition) is 7. The summed E-state index contributed by atoms with van der Waals surface area (Å²) in [5.41, 5.74) is 1.31. The molecule has 0 bridgehead atoms. The SMILES string of the molecule is COc1nccnc1NS(=O)(=O)c1ccc(NC(=O)COc2ccccc2C(C)(C)C)cc1. The highest BCUT2D eigenvalue weighted by Crippen LogP contribution is 2.31. The number of nitrogens with one attached hydrogen (secondary N) is 2. The van der Waals surface area contributed by atoms with Gasteiger partial charge in [0.1, 0.15) is 5.75 Å². The summed E-state index contributed by atoms with van der Waals surface area (Å²) in [7, 11) is -2.56. The molecule has 3 aromatic rings. The summed E-state index contributed by atoms with van der Waals surface area (Å²) < 4.78 is 38.3. The molecule has 10 heteroatoms. The standard InChI is InChI=1S/C23H26N4O5S/c1-23(2,3)18-7-5-6-8-19(18)32-15-20(28)26-16-9-11-17(12-10-16)33(29,30)27-21-22(31-4)25-14-13-24-21/h5-14H,15H2,1-4H3,(H,24,27)(H,26,28). The quantitative estimate of drug-likeness (QED) is 0.516. The van der Waals surface area contributed by atoms with Crippen molar-refractivity contribution in [3.63, 3.8) is 0 Å². The van der Waals surface area contributed by atoms with Crippen molar-refractivity contribution < 1.29 is 22.7 Å². The van der Waals surface area contributed by atoms with Crippen molar-refractivity contribution in [3.8, 4) is 11.6 Å². The molecule has 0 aliphatic rings. The molecule has 3 rings (SSSR count). The predicted octanol–water partition coefficient (Wildman–Crippen LogP) is 3.60. The molecule has 174 valence electrons. The Labute approximate surface area is 193 Å². The predicted molar refractivity (Wildman–Crippen MR) is 125 cm³/mol.